The number of likely N-dealkylation sites (tertiary alicyclic amines) is 1. The van der Waals surface area contributed by atoms with Crippen molar-refractivity contribution < 1.29 is 9.53 Å². The van der Waals surface area contributed by atoms with Crippen LogP contribution in [0.3, 0.4) is 0 Å². The number of carbonyl (C=O) groups excluding carboxylic acids is 1. The van der Waals surface area contributed by atoms with E-state index >= 15 is 0 Å². The first-order valence-corrected chi connectivity index (χ1v) is 9.25. The minimum atomic E-state index is 0.0142. The largest absolute Gasteiger partial charge is 0.481 e. The molecule has 4 rings (SSSR count). The first-order valence-electron chi connectivity index (χ1n) is 8.37. The summed E-state index contributed by atoms with van der Waals surface area (Å²) in [5.41, 5.74) is 1.00. The number of hydrogen-bond acceptors (Lipinski definition) is 7. The Kier molecular flexibility index (Phi) is 4.07. The van der Waals surface area contributed by atoms with Gasteiger partial charge in [-0.05, 0) is 13.3 Å². The number of rotatable bonds is 4. The minimum absolute atomic E-state index is 0.0142. The van der Waals surface area contributed by atoms with Crippen molar-refractivity contribution in [2.45, 2.75) is 26.3 Å². The van der Waals surface area contributed by atoms with Gasteiger partial charge in [-0.25, -0.2) is 15.0 Å². The Balaban J connectivity index is 1.45. The Hall–Kier alpha value is -2.22. The fourth-order valence-electron chi connectivity index (χ4n) is 3.82. The van der Waals surface area contributed by atoms with E-state index < -0.39 is 0 Å². The summed E-state index contributed by atoms with van der Waals surface area (Å²) in [5.74, 6) is 1.66. The molecular formula is C17H21N5O2S. The van der Waals surface area contributed by atoms with E-state index in [1.807, 2.05) is 23.3 Å². The van der Waals surface area contributed by atoms with Gasteiger partial charge in [0.15, 0.2) is 0 Å². The highest BCUT2D eigenvalue weighted by molar-refractivity contribution is 7.09. The molecule has 25 heavy (non-hydrogen) atoms. The number of nitrogens with zero attached hydrogens (tertiary/aromatic N) is 5. The highest BCUT2D eigenvalue weighted by Gasteiger charge is 2.47. The van der Waals surface area contributed by atoms with Gasteiger partial charge >= 0.3 is 0 Å². The van der Waals surface area contributed by atoms with Crippen molar-refractivity contribution >= 4 is 23.1 Å². The molecule has 0 aromatic carbocycles. The highest BCUT2D eigenvalue weighted by Crippen LogP contribution is 2.42. The fraction of sp³-hybridized carbons (Fsp3) is 0.529. The van der Waals surface area contributed by atoms with Crippen LogP contribution in [0.25, 0.3) is 0 Å². The lowest BCUT2D eigenvalue weighted by Crippen LogP contribution is -2.31. The predicted molar refractivity (Wildman–Crippen MR) is 94.7 cm³/mol. The van der Waals surface area contributed by atoms with Crippen LogP contribution in [0.5, 0.6) is 5.88 Å². The average molecular weight is 359 g/mol. The molecule has 1 amide bonds. The Morgan fingerprint density at radius 2 is 2.24 bits per heavy atom. The van der Waals surface area contributed by atoms with E-state index in [2.05, 4.69) is 19.9 Å². The monoisotopic (exact) mass is 359 g/mol. The molecule has 2 fully saturated rings. The Morgan fingerprint density at radius 3 is 3.00 bits per heavy atom. The first-order chi connectivity index (χ1) is 12.1. The van der Waals surface area contributed by atoms with Crippen LogP contribution in [0.4, 0.5) is 5.82 Å². The Bertz CT molecular complexity index is 795. The minimum Gasteiger partial charge on any atom is -0.481 e. The molecular weight excluding hydrogens is 338 g/mol. The second kappa shape index (κ2) is 6.25. The van der Waals surface area contributed by atoms with Gasteiger partial charge in [-0.15, -0.1) is 11.3 Å². The average Bonchev–Trinajstić information content (AvgIpc) is 3.29. The van der Waals surface area contributed by atoms with Gasteiger partial charge in [0.05, 0.1) is 24.4 Å². The van der Waals surface area contributed by atoms with Crippen LogP contribution in [0.2, 0.25) is 0 Å². The van der Waals surface area contributed by atoms with Crippen LogP contribution in [-0.4, -0.2) is 52.5 Å². The molecule has 8 heteroatoms. The second-order valence-electron chi connectivity index (χ2n) is 6.87. The molecule has 1 unspecified atom stereocenters. The SMILES string of the molecule is COc1cc(N2CCC3(CC(=O)N(Cc4csc(C)n4)C3)C2)ncn1. The van der Waals surface area contributed by atoms with Gasteiger partial charge in [0.25, 0.3) is 0 Å². The van der Waals surface area contributed by atoms with Gasteiger partial charge in [0.1, 0.15) is 12.1 Å². The van der Waals surface area contributed by atoms with E-state index in [1.165, 1.54) is 6.33 Å². The molecule has 4 heterocycles. The molecule has 1 spiro atoms. The van der Waals surface area contributed by atoms with Gasteiger partial charge in [0.2, 0.25) is 11.8 Å². The summed E-state index contributed by atoms with van der Waals surface area (Å²) < 4.78 is 5.19. The molecule has 1 atom stereocenters. The lowest BCUT2D eigenvalue weighted by molar-refractivity contribution is -0.128. The van der Waals surface area contributed by atoms with Crippen LogP contribution >= 0.6 is 11.3 Å². The number of hydrogen-bond donors (Lipinski definition) is 0. The lowest BCUT2D eigenvalue weighted by atomic mass is 9.86. The number of carbonyl (C=O) groups is 1. The topological polar surface area (TPSA) is 71.5 Å². The number of amides is 1. The molecule has 0 saturated carbocycles. The number of aryl methyl sites for hydroxylation is 1. The first kappa shape index (κ1) is 16.3. The van der Waals surface area contributed by atoms with E-state index in [0.29, 0.717) is 18.8 Å². The summed E-state index contributed by atoms with van der Waals surface area (Å²) in [6.45, 7) is 5.14. The molecule has 132 valence electrons. The molecule has 2 saturated heterocycles. The molecule has 0 N–H and O–H groups in total. The maximum absolute atomic E-state index is 12.5. The molecule has 0 bridgehead atoms. The normalized spacial score (nSPS) is 23.0. The number of thiazole rings is 1. The number of aromatic nitrogens is 3. The summed E-state index contributed by atoms with van der Waals surface area (Å²) in [4.78, 5) is 29.6. The van der Waals surface area contributed by atoms with Gasteiger partial charge in [0, 0.05) is 42.9 Å². The summed E-state index contributed by atoms with van der Waals surface area (Å²) >= 11 is 1.63. The standard InChI is InChI=1S/C17H21N5O2S/c1-12-20-13(8-25-12)7-22-10-17(6-16(22)23)3-4-21(9-17)14-5-15(24-2)19-11-18-14/h5,8,11H,3-4,6-7,9-10H2,1-2H3. The van der Waals surface area contributed by atoms with Crippen molar-refractivity contribution in [3.8, 4) is 5.88 Å². The van der Waals surface area contributed by atoms with Gasteiger partial charge in [-0.3, -0.25) is 4.79 Å². The molecule has 7 nitrogen and oxygen atoms in total. The van der Waals surface area contributed by atoms with Crippen molar-refractivity contribution in [2.24, 2.45) is 5.41 Å². The summed E-state index contributed by atoms with van der Waals surface area (Å²) in [6.07, 6.45) is 3.13. The van der Waals surface area contributed by atoms with Gasteiger partial charge in [-0.1, -0.05) is 0 Å². The van der Waals surface area contributed by atoms with Crippen LogP contribution in [0.15, 0.2) is 17.8 Å². The van der Waals surface area contributed by atoms with Crippen LogP contribution in [-0.2, 0) is 11.3 Å². The third-order valence-electron chi connectivity index (χ3n) is 5.02. The van der Waals surface area contributed by atoms with Crippen LogP contribution < -0.4 is 9.64 Å². The van der Waals surface area contributed by atoms with Crippen LogP contribution in [0, 0.1) is 12.3 Å². The predicted octanol–water partition coefficient (Wildman–Crippen LogP) is 1.88. The molecule has 0 radical (unpaired) electrons. The van der Waals surface area contributed by atoms with E-state index in [-0.39, 0.29) is 11.3 Å². The third kappa shape index (κ3) is 3.18. The molecule has 2 aliphatic rings. The molecule has 2 aromatic rings. The summed E-state index contributed by atoms with van der Waals surface area (Å²) in [6, 6.07) is 1.85. The van der Waals surface area contributed by atoms with Crippen molar-refractivity contribution in [1.29, 1.82) is 0 Å². The van der Waals surface area contributed by atoms with E-state index in [1.54, 1.807) is 18.4 Å². The molecule has 2 aromatic heterocycles. The zero-order valence-corrected chi connectivity index (χ0v) is 15.3. The smallest absolute Gasteiger partial charge is 0.223 e. The third-order valence-corrected chi connectivity index (χ3v) is 5.85. The molecule has 0 aliphatic carbocycles. The van der Waals surface area contributed by atoms with E-state index in [9.17, 15) is 4.79 Å². The zero-order valence-electron chi connectivity index (χ0n) is 14.4. The Morgan fingerprint density at radius 1 is 1.36 bits per heavy atom. The Labute approximate surface area is 150 Å². The summed E-state index contributed by atoms with van der Waals surface area (Å²) in [5, 5.41) is 3.09. The maximum Gasteiger partial charge on any atom is 0.223 e. The second-order valence-corrected chi connectivity index (χ2v) is 7.94. The maximum atomic E-state index is 12.5. The van der Waals surface area contributed by atoms with Crippen LogP contribution in [0.1, 0.15) is 23.5 Å². The van der Waals surface area contributed by atoms with Gasteiger partial charge in [-0.2, -0.15) is 0 Å². The summed E-state index contributed by atoms with van der Waals surface area (Å²) in [7, 11) is 1.60. The van der Waals surface area contributed by atoms with Crippen molar-refractivity contribution in [3.63, 3.8) is 0 Å². The molecule has 2 aliphatic heterocycles. The quantitative estimate of drug-likeness (QED) is 0.830. The number of methoxy groups -OCH3 is 1. The van der Waals surface area contributed by atoms with Crippen molar-refractivity contribution in [2.75, 3.05) is 31.6 Å². The number of anilines is 1. The zero-order chi connectivity index (χ0) is 17.4. The van der Waals surface area contributed by atoms with Gasteiger partial charge < -0.3 is 14.5 Å². The number of ether oxygens (including phenoxy) is 1. The lowest BCUT2D eigenvalue weighted by Gasteiger charge is -2.24. The van der Waals surface area contributed by atoms with E-state index in [0.717, 1.165) is 42.6 Å². The van der Waals surface area contributed by atoms with Crippen molar-refractivity contribution in [1.82, 2.24) is 19.9 Å². The highest BCUT2D eigenvalue weighted by atomic mass is 32.1. The van der Waals surface area contributed by atoms with E-state index in [4.69, 9.17) is 4.74 Å². The van der Waals surface area contributed by atoms with Crippen molar-refractivity contribution in [3.05, 3.63) is 28.5 Å². The fourth-order valence-corrected chi connectivity index (χ4v) is 4.42.